The summed E-state index contributed by atoms with van der Waals surface area (Å²) in [5.41, 5.74) is 15.3. The summed E-state index contributed by atoms with van der Waals surface area (Å²) in [7, 11) is 0. The summed E-state index contributed by atoms with van der Waals surface area (Å²) in [5.74, 6) is 0.345. The molecule has 0 radical (unpaired) electrons. The van der Waals surface area contributed by atoms with Crippen molar-refractivity contribution in [1.29, 1.82) is 0 Å². The van der Waals surface area contributed by atoms with E-state index in [1.165, 1.54) is 86.6 Å². The van der Waals surface area contributed by atoms with Gasteiger partial charge in [-0.15, -0.1) is 11.3 Å². The third-order valence-electron chi connectivity index (χ3n) is 10.1. The Bertz CT molecular complexity index is 2290. The number of aryl methyl sites for hydroxylation is 1. The van der Waals surface area contributed by atoms with Crippen molar-refractivity contribution in [3.63, 3.8) is 0 Å². The van der Waals surface area contributed by atoms with Crippen molar-refractivity contribution in [3.8, 4) is 10.4 Å². The van der Waals surface area contributed by atoms with E-state index in [9.17, 15) is 0 Å². The van der Waals surface area contributed by atoms with Crippen LogP contribution in [0.25, 0.3) is 37.2 Å². The lowest BCUT2D eigenvalue weighted by Crippen LogP contribution is -2.35. The molecule has 0 amide bonds. The van der Waals surface area contributed by atoms with Crippen LogP contribution in [0.5, 0.6) is 0 Å². The second-order valence-electron chi connectivity index (χ2n) is 12.9. The van der Waals surface area contributed by atoms with E-state index in [1.807, 2.05) is 11.3 Å². The highest BCUT2D eigenvalue weighted by Crippen LogP contribution is 2.56. The van der Waals surface area contributed by atoms with E-state index in [0.29, 0.717) is 5.92 Å². The molecule has 43 heavy (non-hydrogen) atoms. The molecule has 1 aromatic heterocycles. The molecule has 6 aromatic rings. The Hall–Kier alpha value is -4.46. The molecule has 5 aromatic carbocycles. The van der Waals surface area contributed by atoms with Gasteiger partial charge in [-0.2, -0.15) is 0 Å². The monoisotopic (exact) mass is 568 g/mol. The maximum Gasteiger partial charge on any atom is 0.0399 e. The number of thiophene rings is 1. The molecule has 3 aliphatic carbocycles. The summed E-state index contributed by atoms with van der Waals surface area (Å²) in [6.07, 6.45) is 3.53. The zero-order valence-corrected chi connectivity index (χ0v) is 25.6. The van der Waals surface area contributed by atoms with Gasteiger partial charge in [-0.1, -0.05) is 123 Å². The van der Waals surface area contributed by atoms with Crippen molar-refractivity contribution >= 4 is 38.1 Å². The number of rotatable bonds is 2. The Balaban J connectivity index is 1.28. The number of benzene rings is 5. The van der Waals surface area contributed by atoms with Crippen molar-refractivity contribution < 1.29 is 0 Å². The molecule has 0 fully saturated rings. The van der Waals surface area contributed by atoms with Crippen LogP contribution in [0, 0.1) is 6.92 Å². The van der Waals surface area contributed by atoms with Gasteiger partial charge < -0.3 is 0 Å². The van der Waals surface area contributed by atoms with Crippen LogP contribution in [0.1, 0.15) is 65.1 Å². The molecular weight excluding hydrogens is 537 g/mol. The van der Waals surface area contributed by atoms with Crippen molar-refractivity contribution in [2.75, 3.05) is 0 Å². The predicted octanol–water partition coefficient (Wildman–Crippen LogP) is 9.50. The minimum atomic E-state index is -0.0475. The van der Waals surface area contributed by atoms with Gasteiger partial charge in [0.15, 0.2) is 0 Å². The average Bonchev–Trinajstić information content (AvgIpc) is 3.53. The molecule has 1 heteroatoms. The van der Waals surface area contributed by atoms with E-state index in [-0.39, 0.29) is 5.41 Å². The molecule has 1 unspecified atom stereocenters. The minimum Gasteiger partial charge on any atom is -0.135 e. The van der Waals surface area contributed by atoms with E-state index < -0.39 is 0 Å². The van der Waals surface area contributed by atoms with Crippen LogP contribution in [0.3, 0.4) is 0 Å². The Kier molecular flexibility index (Phi) is 5.26. The quantitative estimate of drug-likeness (QED) is 0.195. The standard InChI is InChI=1S/C42H32S/c1-25-17-20-39-37(21-25)40-41(43-39)32-19-18-27(22-38(32)42(40,2)3)34-24-36-30-15-9-7-13-28(30)33(26-11-5-4-6-12-26)23-35(36)31-16-10-8-14-29(31)34/h4-22,24,35H,23H2,1-3H3. The van der Waals surface area contributed by atoms with E-state index in [2.05, 4.69) is 142 Å². The molecule has 0 saturated carbocycles. The van der Waals surface area contributed by atoms with Gasteiger partial charge in [0, 0.05) is 20.9 Å². The normalized spacial score (nSPS) is 17.6. The molecule has 0 spiro atoms. The van der Waals surface area contributed by atoms with Crippen LogP contribution in [0.15, 0.2) is 121 Å². The van der Waals surface area contributed by atoms with Crippen molar-refractivity contribution in [3.05, 3.63) is 171 Å². The maximum atomic E-state index is 2.52. The molecule has 1 atom stereocenters. The van der Waals surface area contributed by atoms with Crippen LogP contribution < -0.4 is 10.4 Å². The van der Waals surface area contributed by atoms with Gasteiger partial charge in [0.05, 0.1) is 0 Å². The molecule has 0 saturated heterocycles. The maximum absolute atomic E-state index is 2.52. The second kappa shape index (κ2) is 9.02. The van der Waals surface area contributed by atoms with Crippen molar-refractivity contribution in [2.24, 2.45) is 0 Å². The fourth-order valence-electron chi connectivity index (χ4n) is 8.08. The number of hydrogen-bond acceptors (Lipinski definition) is 1. The highest BCUT2D eigenvalue weighted by atomic mass is 32.1. The lowest BCUT2D eigenvalue weighted by molar-refractivity contribution is 0.667. The van der Waals surface area contributed by atoms with Gasteiger partial charge >= 0.3 is 0 Å². The molecule has 0 aliphatic heterocycles. The summed E-state index contributed by atoms with van der Waals surface area (Å²) in [6.45, 7) is 7.04. The SMILES string of the molecule is Cc1ccc2sc3c(c2c1)C(C)(C)c1cc(C2=CC4=c5ccccc5=C(c5ccccc5)CC4c4ccccc42)ccc1-3. The second-order valence-corrected chi connectivity index (χ2v) is 14.0. The first-order valence-corrected chi connectivity index (χ1v) is 16.2. The summed E-state index contributed by atoms with van der Waals surface area (Å²) < 4.78 is 1.40. The first-order chi connectivity index (χ1) is 21.0. The zero-order chi connectivity index (χ0) is 28.9. The summed E-state index contributed by atoms with van der Waals surface area (Å²) in [4.78, 5) is 1.45. The Labute approximate surface area is 257 Å². The number of allylic oxidation sites excluding steroid dienone is 1. The molecular formula is C42H32S. The van der Waals surface area contributed by atoms with Gasteiger partial charge in [0.25, 0.3) is 0 Å². The highest BCUT2D eigenvalue weighted by Gasteiger charge is 2.39. The summed E-state index contributed by atoms with van der Waals surface area (Å²) >= 11 is 1.95. The molecule has 206 valence electrons. The van der Waals surface area contributed by atoms with E-state index in [0.717, 1.165) is 6.42 Å². The van der Waals surface area contributed by atoms with Gasteiger partial charge in [-0.05, 0) is 103 Å². The Morgan fingerprint density at radius 3 is 2.33 bits per heavy atom. The van der Waals surface area contributed by atoms with E-state index in [4.69, 9.17) is 0 Å². The fraction of sp³-hybridized carbons (Fsp3) is 0.143. The van der Waals surface area contributed by atoms with E-state index >= 15 is 0 Å². The van der Waals surface area contributed by atoms with Gasteiger partial charge in [-0.3, -0.25) is 0 Å². The topological polar surface area (TPSA) is 0 Å². The van der Waals surface area contributed by atoms with Crippen molar-refractivity contribution in [1.82, 2.24) is 0 Å². The zero-order valence-electron chi connectivity index (χ0n) is 24.7. The first kappa shape index (κ1) is 25.1. The lowest BCUT2D eigenvalue weighted by Gasteiger charge is -2.32. The molecule has 0 N–H and O–H groups in total. The minimum absolute atomic E-state index is 0.0475. The number of fused-ring (bicyclic) bond motifs is 9. The molecule has 0 bridgehead atoms. The Morgan fingerprint density at radius 1 is 0.698 bits per heavy atom. The third kappa shape index (κ3) is 3.55. The fourth-order valence-corrected chi connectivity index (χ4v) is 9.46. The van der Waals surface area contributed by atoms with Gasteiger partial charge in [-0.25, -0.2) is 0 Å². The third-order valence-corrected chi connectivity index (χ3v) is 11.3. The Morgan fingerprint density at radius 2 is 1.47 bits per heavy atom. The summed E-state index contributed by atoms with van der Waals surface area (Å²) in [5, 5.41) is 4.17. The van der Waals surface area contributed by atoms with Crippen LogP contribution >= 0.6 is 11.3 Å². The van der Waals surface area contributed by atoms with Gasteiger partial charge in [0.2, 0.25) is 0 Å². The number of hydrogen-bond donors (Lipinski definition) is 0. The van der Waals surface area contributed by atoms with Crippen LogP contribution in [-0.4, -0.2) is 0 Å². The summed E-state index contributed by atoms with van der Waals surface area (Å²) in [6, 6.07) is 43.4. The first-order valence-electron chi connectivity index (χ1n) is 15.4. The lowest BCUT2D eigenvalue weighted by atomic mass is 9.71. The van der Waals surface area contributed by atoms with Crippen LogP contribution in [-0.2, 0) is 5.41 Å². The average molecular weight is 569 g/mol. The highest BCUT2D eigenvalue weighted by molar-refractivity contribution is 7.22. The smallest absolute Gasteiger partial charge is 0.0399 e. The van der Waals surface area contributed by atoms with E-state index in [1.54, 1.807) is 0 Å². The molecule has 3 aliphatic rings. The van der Waals surface area contributed by atoms with Gasteiger partial charge in [0.1, 0.15) is 0 Å². The van der Waals surface area contributed by atoms with Crippen molar-refractivity contribution in [2.45, 2.75) is 38.5 Å². The molecule has 9 rings (SSSR count). The van der Waals surface area contributed by atoms with Crippen LogP contribution in [0.2, 0.25) is 0 Å². The largest absolute Gasteiger partial charge is 0.135 e. The predicted molar refractivity (Wildman–Crippen MR) is 183 cm³/mol. The molecule has 1 heterocycles. The molecule has 0 nitrogen and oxygen atoms in total. The van der Waals surface area contributed by atoms with Crippen LogP contribution in [0.4, 0.5) is 0 Å².